The summed E-state index contributed by atoms with van der Waals surface area (Å²) < 4.78 is 5.49. The van der Waals surface area contributed by atoms with Crippen LogP contribution in [0.25, 0.3) is 10.8 Å². The van der Waals surface area contributed by atoms with Crippen LogP contribution in [0.15, 0.2) is 47.4 Å². The number of carbonyl (C=O) groups is 1. The first-order chi connectivity index (χ1) is 10.3. The van der Waals surface area contributed by atoms with Gasteiger partial charge >= 0.3 is 0 Å². The second-order valence-electron chi connectivity index (χ2n) is 5.24. The van der Waals surface area contributed by atoms with Gasteiger partial charge in [-0.3, -0.25) is 4.79 Å². The van der Waals surface area contributed by atoms with Crippen molar-refractivity contribution in [2.45, 2.75) is 23.8 Å². The zero-order chi connectivity index (χ0) is 14.5. The van der Waals surface area contributed by atoms with E-state index < -0.39 is 0 Å². The molecule has 1 amide bonds. The van der Waals surface area contributed by atoms with E-state index in [-0.39, 0.29) is 12.0 Å². The summed E-state index contributed by atoms with van der Waals surface area (Å²) in [5, 5.41) is 5.38. The monoisotopic (exact) mass is 301 g/mol. The molecular formula is C17H19NO2S. The van der Waals surface area contributed by atoms with Crippen LogP contribution < -0.4 is 5.32 Å². The fourth-order valence-corrected chi connectivity index (χ4v) is 3.26. The van der Waals surface area contributed by atoms with Gasteiger partial charge < -0.3 is 10.1 Å². The Morgan fingerprint density at radius 3 is 2.90 bits per heavy atom. The standard InChI is InChI=1S/C17H19NO2S/c19-17(18-11-15-6-3-9-20-15)12-21-16-8-7-13-4-1-2-5-14(13)10-16/h1-2,4-5,7-8,10,15H,3,6,9,11-12H2,(H,18,19)/t15-/m0/s1. The van der Waals surface area contributed by atoms with E-state index in [1.807, 2.05) is 12.1 Å². The molecule has 2 aromatic carbocycles. The quantitative estimate of drug-likeness (QED) is 0.862. The maximum atomic E-state index is 11.8. The SMILES string of the molecule is O=C(CSc1ccc2ccccc2c1)NC[C@@H]1CCCO1. The Balaban J connectivity index is 1.49. The average molecular weight is 301 g/mol. The largest absolute Gasteiger partial charge is 0.376 e. The van der Waals surface area contributed by atoms with E-state index >= 15 is 0 Å². The van der Waals surface area contributed by atoms with Gasteiger partial charge in [0.05, 0.1) is 11.9 Å². The molecule has 3 rings (SSSR count). The van der Waals surface area contributed by atoms with Gasteiger partial charge in [0, 0.05) is 18.0 Å². The summed E-state index contributed by atoms with van der Waals surface area (Å²) in [4.78, 5) is 13.0. The lowest BCUT2D eigenvalue weighted by atomic mass is 10.1. The molecule has 0 bridgehead atoms. The lowest BCUT2D eigenvalue weighted by molar-refractivity contribution is -0.119. The maximum absolute atomic E-state index is 11.8. The Morgan fingerprint density at radius 1 is 1.24 bits per heavy atom. The molecule has 1 saturated heterocycles. The number of nitrogens with one attached hydrogen (secondary N) is 1. The van der Waals surface area contributed by atoms with E-state index in [2.05, 4.69) is 35.6 Å². The van der Waals surface area contributed by atoms with Crippen LogP contribution in [-0.2, 0) is 9.53 Å². The molecule has 21 heavy (non-hydrogen) atoms. The highest BCUT2D eigenvalue weighted by Gasteiger charge is 2.16. The summed E-state index contributed by atoms with van der Waals surface area (Å²) in [6.45, 7) is 1.46. The molecule has 0 aromatic heterocycles. The first-order valence-corrected chi connectivity index (χ1v) is 8.30. The molecule has 0 saturated carbocycles. The Bertz CT molecular complexity index is 623. The van der Waals surface area contributed by atoms with E-state index in [1.165, 1.54) is 10.8 Å². The van der Waals surface area contributed by atoms with E-state index in [0.717, 1.165) is 24.3 Å². The number of rotatable bonds is 5. The Hall–Kier alpha value is -1.52. The molecule has 1 atom stereocenters. The van der Waals surface area contributed by atoms with Crippen LogP contribution in [-0.4, -0.2) is 30.9 Å². The summed E-state index contributed by atoms with van der Waals surface area (Å²) in [5.41, 5.74) is 0. The zero-order valence-corrected chi connectivity index (χ0v) is 12.7. The molecule has 3 nitrogen and oxygen atoms in total. The van der Waals surface area contributed by atoms with Crippen LogP contribution in [0.2, 0.25) is 0 Å². The number of amides is 1. The third kappa shape index (κ3) is 3.99. The minimum atomic E-state index is 0.0728. The fraction of sp³-hybridized carbons (Fsp3) is 0.353. The van der Waals surface area contributed by atoms with Gasteiger partial charge in [0.1, 0.15) is 0 Å². The van der Waals surface area contributed by atoms with E-state index in [4.69, 9.17) is 4.74 Å². The van der Waals surface area contributed by atoms with Gasteiger partial charge in [-0.2, -0.15) is 0 Å². The van der Waals surface area contributed by atoms with Gasteiger partial charge in [-0.05, 0) is 35.7 Å². The Labute approximate surface area is 129 Å². The Morgan fingerprint density at radius 2 is 2.10 bits per heavy atom. The second-order valence-corrected chi connectivity index (χ2v) is 6.29. The molecule has 1 fully saturated rings. The molecular weight excluding hydrogens is 282 g/mol. The van der Waals surface area contributed by atoms with Crippen LogP contribution in [0.5, 0.6) is 0 Å². The van der Waals surface area contributed by atoms with Crippen molar-refractivity contribution in [2.75, 3.05) is 18.9 Å². The van der Waals surface area contributed by atoms with Crippen molar-refractivity contribution in [3.05, 3.63) is 42.5 Å². The highest BCUT2D eigenvalue weighted by molar-refractivity contribution is 8.00. The van der Waals surface area contributed by atoms with Crippen LogP contribution in [0.4, 0.5) is 0 Å². The van der Waals surface area contributed by atoms with Gasteiger partial charge in [0.25, 0.3) is 0 Å². The number of benzene rings is 2. The number of fused-ring (bicyclic) bond motifs is 1. The van der Waals surface area contributed by atoms with Crippen LogP contribution >= 0.6 is 11.8 Å². The van der Waals surface area contributed by atoms with Crippen molar-refractivity contribution in [3.63, 3.8) is 0 Å². The first-order valence-electron chi connectivity index (χ1n) is 7.31. The molecule has 4 heteroatoms. The van der Waals surface area contributed by atoms with Crippen LogP contribution in [0.3, 0.4) is 0 Å². The van der Waals surface area contributed by atoms with Gasteiger partial charge in [-0.1, -0.05) is 30.3 Å². The van der Waals surface area contributed by atoms with E-state index in [9.17, 15) is 4.79 Å². The predicted octanol–water partition coefficient (Wildman–Crippen LogP) is 3.23. The van der Waals surface area contributed by atoms with Gasteiger partial charge in [0.2, 0.25) is 5.91 Å². The van der Waals surface area contributed by atoms with Gasteiger partial charge in [-0.15, -0.1) is 11.8 Å². The summed E-state index contributed by atoms with van der Waals surface area (Å²) in [7, 11) is 0. The maximum Gasteiger partial charge on any atom is 0.230 e. The lowest BCUT2D eigenvalue weighted by Gasteiger charge is -2.10. The fourth-order valence-electron chi connectivity index (χ4n) is 2.49. The predicted molar refractivity (Wildman–Crippen MR) is 86.7 cm³/mol. The van der Waals surface area contributed by atoms with Crippen molar-refractivity contribution < 1.29 is 9.53 Å². The molecule has 1 heterocycles. The zero-order valence-electron chi connectivity index (χ0n) is 11.9. The van der Waals surface area contributed by atoms with Crippen LogP contribution in [0, 0.1) is 0 Å². The molecule has 2 aromatic rings. The minimum Gasteiger partial charge on any atom is -0.376 e. The van der Waals surface area contributed by atoms with E-state index in [0.29, 0.717) is 12.3 Å². The minimum absolute atomic E-state index is 0.0728. The van der Waals surface area contributed by atoms with Crippen molar-refractivity contribution in [1.29, 1.82) is 0 Å². The highest BCUT2D eigenvalue weighted by Crippen LogP contribution is 2.23. The number of ether oxygens (including phenoxy) is 1. The first kappa shape index (κ1) is 14.4. The number of thioether (sulfide) groups is 1. The summed E-state index contributed by atoms with van der Waals surface area (Å²) in [6.07, 6.45) is 2.37. The molecule has 1 aliphatic heterocycles. The van der Waals surface area contributed by atoms with Crippen molar-refractivity contribution >= 4 is 28.4 Å². The third-order valence-corrected chi connectivity index (χ3v) is 4.64. The van der Waals surface area contributed by atoms with Crippen LogP contribution in [0.1, 0.15) is 12.8 Å². The lowest BCUT2D eigenvalue weighted by Crippen LogP contribution is -2.32. The molecule has 0 spiro atoms. The summed E-state index contributed by atoms with van der Waals surface area (Å²) in [6, 6.07) is 14.6. The molecule has 1 aliphatic rings. The smallest absolute Gasteiger partial charge is 0.230 e. The topological polar surface area (TPSA) is 38.3 Å². The summed E-state index contributed by atoms with van der Waals surface area (Å²) >= 11 is 1.57. The number of carbonyl (C=O) groups excluding carboxylic acids is 1. The third-order valence-electron chi connectivity index (χ3n) is 3.64. The number of hydrogen-bond donors (Lipinski definition) is 1. The van der Waals surface area contributed by atoms with Gasteiger partial charge in [-0.25, -0.2) is 0 Å². The highest BCUT2D eigenvalue weighted by atomic mass is 32.2. The van der Waals surface area contributed by atoms with Crippen molar-refractivity contribution in [3.8, 4) is 0 Å². The average Bonchev–Trinajstić information content (AvgIpc) is 3.04. The molecule has 0 aliphatic carbocycles. The molecule has 0 unspecified atom stereocenters. The van der Waals surface area contributed by atoms with Crippen molar-refractivity contribution in [1.82, 2.24) is 5.32 Å². The second kappa shape index (κ2) is 6.96. The molecule has 1 N–H and O–H groups in total. The number of hydrogen-bond acceptors (Lipinski definition) is 3. The van der Waals surface area contributed by atoms with E-state index in [1.54, 1.807) is 11.8 Å². The van der Waals surface area contributed by atoms with Gasteiger partial charge in [0.15, 0.2) is 0 Å². The van der Waals surface area contributed by atoms with Crippen molar-refractivity contribution in [2.24, 2.45) is 0 Å². The molecule has 110 valence electrons. The summed E-state index contributed by atoms with van der Waals surface area (Å²) in [5.74, 6) is 0.522. The normalized spacial score (nSPS) is 18.0. The Kier molecular flexibility index (Phi) is 4.78. The molecule has 0 radical (unpaired) electrons.